The van der Waals surface area contributed by atoms with Crippen LogP contribution in [0.1, 0.15) is 16.7 Å². The van der Waals surface area contributed by atoms with Gasteiger partial charge in [-0.15, -0.1) is 5.10 Å². The van der Waals surface area contributed by atoms with Gasteiger partial charge in [0.05, 0.1) is 13.3 Å². The average molecular weight is 424 g/mol. The Morgan fingerprint density at radius 3 is 2.57 bits per heavy atom. The molecule has 2 N–H and O–H groups in total. The van der Waals surface area contributed by atoms with Crippen molar-refractivity contribution >= 4 is 23.1 Å². The number of hydrogen-bond acceptors (Lipinski definition) is 5. The monoisotopic (exact) mass is 423 g/mol. The fraction of sp³-hybridized carbons (Fsp3) is 0.130. The second-order valence-corrected chi connectivity index (χ2v) is 7.24. The van der Waals surface area contributed by atoms with E-state index in [1.165, 1.54) is 23.4 Å². The lowest BCUT2D eigenvalue weighted by Gasteiger charge is -2.11. The molecule has 3 rings (SSSR count). The average Bonchev–Trinajstić information content (AvgIpc) is 2.78. The van der Waals surface area contributed by atoms with Crippen molar-refractivity contribution in [2.24, 2.45) is 15.9 Å². The number of halogens is 1. The lowest BCUT2D eigenvalue weighted by atomic mass is 10.1. The molecule has 3 aromatic carbocycles. The minimum absolute atomic E-state index is 0.157. The van der Waals surface area contributed by atoms with Gasteiger partial charge in [-0.2, -0.15) is 5.10 Å². The highest BCUT2D eigenvalue weighted by Gasteiger charge is 2.07. The van der Waals surface area contributed by atoms with E-state index in [-0.39, 0.29) is 12.4 Å². The number of nitrogens with zero attached hydrogens (tertiary/aromatic N) is 2. The molecule has 0 amide bonds. The molecule has 0 aliphatic carbocycles. The quantitative estimate of drug-likeness (QED) is 0.315. The fourth-order valence-electron chi connectivity index (χ4n) is 2.62. The van der Waals surface area contributed by atoms with Gasteiger partial charge in [-0.05, 0) is 41.5 Å². The van der Waals surface area contributed by atoms with E-state index in [1.807, 2.05) is 42.5 Å². The summed E-state index contributed by atoms with van der Waals surface area (Å²) in [7, 11) is 1.57. The molecule has 30 heavy (non-hydrogen) atoms. The highest BCUT2D eigenvalue weighted by Crippen LogP contribution is 2.23. The number of hydrogen-bond donors (Lipinski definition) is 1. The summed E-state index contributed by atoms with van der Waals surface area (Å²) in [5.41, 5.74) is 8.64. The third kappa shape index (κ3) is 6.35. The lowest BCUT2D eigenvalue weighted by molar-refractivity contribution is 0.282. The Morgan fingerprint density at radius 1 is 1.03 bits per heavy atom. The highest BCUT2D eigenvalue weighted by molar-refractivity contribution is 8.13. The lowest BCUT2D eigenvalue weighted by Crippen LogP contribution is -2.06. The number of amidine groups is 1. The van der Waals surface area contributed by atoms with Gasteiger partial charge in [0.2, 0.25) is 0 Å². The number of thioether (sulfide) groups is 1. The van der Waals surface area contributed by atoms with Crippen molar-refractivity contribution in [3.63, 3.8) is 0 Å². The van der Waals surface area contributed by atoms with Crippen molar-refractivity contribution in [3.8, 4) is 11.5 Å². The van der Waals surface area contributed by atoms with Crippen LogP contribution in [0.2, 0.25) is 0 Å². The predicted molar refractivity (Wildman–Crippen MR) is 121 cm³/mol. The molecule has 0 aromatic heterocycles. The zero-order valence-electron chi connectivity index (χ0n) is 16.5. The van der Waals surface area contributed by atoms with E-state index in [0.717, 1.165) is 16.9 Å². The second kappa shape index (κ2) is 11.0. The van der Waals surface area contributed by atoms with E-state index in [4.69, 9.17) is 15.2 Å². The molecule has 5 nitrogen and oxygen atoms in total. The Hall–Kier alpha value is -3.32. The molecule has 0 spiro atoms. The van der Waals surface area contributed by atoms with Gasteiger partial charge in [-0.25, -0.2) is 4.39 Å². The zero-order chi connectivity index (χ0) is 21.2. The van der Waals surface area contributed by atoms with Crippen molar-refractivity contribution in [1.29, 1.82) is 0 Å². The van der Waals surface area contributed by atoms with Crippen LogP contribution < -0.4 is 15.2 Å². The van der Waals surface area contributed by atoms with E-state index in [2.05, 4.69) is 10.2 Å². The van der Waals surface area contributed by atoms with Crippen LogP contribution in [0.3, 0.4) is 0 Å². The zero-order valence-corrected chi connectivity index (χ0v) is 17.3. The van der Waals surface area contributed by atoms with E-state index in [0.29, 0.717) is 10.9 Å². The van der Waals surface area contributed by atoms with E-state index in [9.17, 15) is 4.39 Å². The Bertz CT molecular complexity index is 1030. The normalized spacial score (nSPS) is 11.6. The van der Waals surface area contributed by atoms with Crippen LogP contribution >= 0.6 is 11.8 Å². The summed E-state index contributed by atoms with van der Waals surface area (Å²) in [5, 5.41) is 8.47. The summed E-state index contributed by atoms with van der Waals surface area (Å²) < 4.78 is 24.7. The van der Waals surface area contributed by atoms with Crippen LogP contribution in [0.15, 0.2) is 83.0 Å². The van der Waals surface area contributed by atoms with Gasteiger partial charge in [0.25, 0.3) is 0 Å². The molecule has 3 aromatic rings. The molecule has 0 heterocycles. The predicted octanol–water partition coefficient (Wildman–Crippen LogP) is 5.00. The Kier molecular flexibility index (Phi) is 7.86. The molecule has 0 saturated carbocycles. The SMILES string of the molecule is COc1ccc(C=NN=C(N)SCc2ccccc2)cc1COc1ccccc1F. The Labute approximate surface area is 179 Å². The summed E-state index contributed by atoms with van der Waals surface area (Å²) in [6.07, 6.45) is 1.60. The molecule has 154 valence electrons. The first-order chi connectivity index (χ1) is 14.7. The smallest absolute Gasteiger partial charge is 0.180 e. The van der Waals surface area contributed by atoms with Gasteiger partial charge in [0.1, 0.15) is 12.4 Å². The first-order valence-corrected chi connectivity index (χ1v) is 10.2. The number of nitrogens with two attached hydrogens (primary N) is 1. The van der Waals surface area contributed by atoms with Crippen molar-refractivity contribution in [1.82, 2.24) is 0 Å². The summed E-state index contributed by atoms with van der Waals surface area (Å²) in [6.45, 7) is 0.157. The molecular weight excluding hydrogens is 401 g/mol. The molecule has 0 aliphatic heterocycles. The van der Waals surface area contributed by atoms with Crippen LogP contribution in [0.25, 0.3) is 0 Å². The van der Waals surface area contributed by atoms with Crippen LogP contribution in [0.4, 0.5) is 4.39 Å². The molecule has 0 radical (unpaired) electrons. The summed E-state index contributed by atoms with van der Waals surface area (Å²) >= 11 is 1.42. The van der Waals surface area contributed by atoms with Crippen molar-refractivity contribution in [2.45, 2.75) is 12.4 Å². The molecule has 0 bridgehead atoms. The first-order valence-electron chi connectivity index (χ1n) is 9.23. The fourth-order valence-corrected chi connectivity index (χ4v) is 3.23. The standard InChI is InChI=1S/C23H22FN3O2S/c1-28-21-12-11-18(13-19(21)15-29-22-10-6-5-9-20(22)24)14-26-27-23(25)30-16-17-7-3-2-4-8-17/h2-14H,15-16H2,1H3,(H2,25,27). The van der Waals surface area contributed by atoms with Crippen LogP contribution in [-0.2, 0) is 12.4 Å². The minimum atomic E-state index is -0.410. The van der Waals surface area contributed by atoms with Gasteiger partial charge >= 0.3 is 0 Å². The highest BCUT2D eigenvalue weighted by atomic mass is 32.2. The molecular formula is C23H22FN3O2S. The number of rotatable bonds is 8. The molecule has 0 saturated heterocycles. The number of benzene rings is 3. The minimum Gasteiger partial charge on any atom is -0.496 e. The van der Waals surface area contributed by atoms with Gasteiger partial charge in [-0.1, -0.05) is 54.2 Å². The van der Waals surface area contributed by atoms with E-state index < -0.39 is 5.82 Å². The maximum Gasteiger partial charge on any atom is 0.180 e. The maximum absolute atomic E-state index is 13.8. The van der Waals surface area contributed by atoms with E-state index in [1.54, 1.807) is 37.6 Å². The van der Waals surface area contributed by atoms with Gasteiger partial charge in [0, 0.05) is 11.3 Å². The molecule has 0 fully saturated rings. The number of ether oxygens (including phenoxy) is 2. The number of methoxy groups -OCH3 is 1. The number of para-hydroxylation sites is 1. The van der Waals surface area contributed by atoms with Gasteiger partial charge in [0.15, 0.2) is 16.7 Å². The van der Waals surface area contributed by atoms with Crippen molar-refractivity contribution in [2.75, 3.05) is 7.11 Å². The summed E-state index contributed by atoms with van der Waals surface area (Å²) in [4.78, 5) is 0. The first kappa shape index (κ1) is 21.4. The van der Waals surface area contributed by atoms with Crippen LogP contribution in [-0.4, -0.2) is 18.5 Å². The molecule has 0 aliphatic rings. The third-order valence-electron chi connectivity index (χ3n) is 4.12. The molecule has 0 unspecified atom stereocenters. The van der Waals surface area contributed by atoms with Crippen LogP contribution in [0.5, 0.6) is 11.5 Å². The third-order valence-corrected chi connectivity index (χ3v) is 4.97. The maximum atomic E-state index is 13.8. The second-order valence-electron chi connectivity index (χ2n) is 6.25. The van der Waals surface area contributed by atoms with E-state index >= 15 is 0 Å². The van der Waals surface area contributed by atoms with Crippen molar-refractivity contribution < 1.29 is 13.9 Å². The largest absolute Gasteiger partial charge is 0.496 e. The van der Waals surface area contributed by atoms with Gasteiger partial charge in [-0.3, -0.25) is 0 Å². The topological polar surface area (TPSA) is 69.2 Å². The van der Waals surface area contributed by atoms with Gasteiger partial charge < -0.3 is 15.2 Å². The van der Waals surface area contributed by atoms with Crippen LogP contribution in [0, 0.1) is 5.82 Å². The Morgan fingerprint density at radius 2 is 1.80 bits per heavy atom. The molecule has 0 atom stereocenters. The Balaban J connectivity index is 1.62. The van der Waals surface area contributed by atoms with Crippen molar-refractivity contribution in [3.05, 3.63) is 95.3 Å². The summed E-state index contributed by atoms with van der Waals surface area (Å²) in [6, 6.07) is 21.8. The summed E-state index contributed by atoms with van der Waals surface area (Å²) in [5.74, 6) is 1.15. The molecule has 7 heteroatoms.